The van der Waals surface area contributed by atoms with Crippen LogP contribution >= 0.6 is 0 Å². The van der Waals surface area contributed by atoms with E-state index in [-0.39, 0.29) is 12.5 Å². The summed E-state index contributed by atoms with van der Waals surface area (Å²) in [5.41, 5.74) is 17.4. The van der Waals surface area contributed by atoms with Crippen LogP contribution in [0.15, 0.2) is 36.4 Å². The first-order valence-electron chi connectivity index (χ1n) is 6.36. The first-order chi connectivity index (χ1) is 9.02. The standard InChI is InChI=1S/C16H20N2O/c1-10-7-12(3-5-15(10)17)14(9-19)13-4-6-16(18)11(2)8-13/h3-8,14,19H,9,17-18H2,1-2H3. The maximum Gasteiger partial charge on any atom is 0.0540 e. The molecule has 2 aromatic rings. The molecule has 0 bridgehead atoms. The molecule has 0 aromatic heterocycles. The number of anilines is 2. The van der Waals surface area contributed by atoms with Crippen LogP contribution in [0.4, 0.5) is 11.4 Å². The minimum Gasteiger partial charge on any atom is -0.399 e. The lowest BCUT2D eigenvalue weighted by Crippen LogP contribution is -2.07. The molecule has 5 N–H and O–H groups in total. The molecule has 100 valence electrons. The number of hydrogen-bond acceptors (Lipinski definition) is 3. The van der Waals surface area contributed by atoms with Gasteiger partial charge in [-0.25, -0.2) is 0 Å². The summed E-state index contributed by atoms with van der Waals surface area (Å²) in [7, 11) is 0. The van der Waals surface area contributed by atoms with E-state index in [0.29, 0.717) is 0 Å². The van der Waals surface area contributed by atoms with Crippen molar-refractivity contribution >= 4 is 11.4 Å². The van der Waals surface area contributed by atoms with Crippen molar-refractivity contribution in [3.8, 4) is 0 Å². The molecule has 3 nitrogen and oxygen atoms in total. The number of nitrogen functional groups attached to an aromatic ring is 2. The van der Waals surface area contributed by atoms with E-state index in [1.165, 1.54) is 0 Å². The van der Waals surface area contributed by atoms with Gasteiger partial charge >= 0.3 is 0 Å². The molecule has 0 aliphatic rings. The van der Waals surface area contributed by atoms with E-state index < -0.39 is 0 Å². The molecular formula is C16H20N2O. The molecule has 0 aliphatic carbocycles. The van der Waals surface area contributed by atoms with E-state index >= 15 is 0 Å². The Balaban J connectivity index is 2.43. The van der Waals surface area contributed by atoms with Crippen LogP contribution < -0.4 is 11.5 Å². The summed E-state index contributed by atoms with van der Waals surface area (Å²) in [6, 6.07) is 11.8. The third kappa shape index (κ3) is 2.71. The maximum absolute atomic E-state index is 9.69. The van der Waals surface area contributed by atoms with Crippen molar-refractivity contribution in [3.63, 3.8) is 0 Å². The second-order valence-corrected chi connectivity index (χ2v) is 4.97. The highest BCUT2D eigenvalue weighted by atomic mass is 16.3. The third-order valence-corrected chi connectivity index (χ3v) is 3.58. The van der Waals surface area contributed by atoms with Gasteiger partial charge in [-0.15, -0.1) is 0 Å². The summed E-state index contributed by atoms with van der Waals surface area (Å²) in [6.07, 6.45) is 0. The fourth-order valence-corrected chi connectivity index (χ4v) is 2.23. The average Bonchev–Trinajstić information content (AvgIpc) is 2.39. The van der Waals surface area contributed by atoms with Crippen LogP contribution in [-0.4, -0.2) is 11.7 Å². The molecule has 0 aliphatic heterocycles. The number of hydrogen-bond donors (Lipinski definition) is 3. The summed E-state index contributed by atoms with van der Waals surface area (Å²) in [4.78, 5) is 0. The van der Waals surface area contributed by atoms with Gasteiger partial charge in [-0.3, -0.25) is 0 Å². The normalized spacial score (nSPS) is 10.9. The Kier molecular flexibility index (Phi) is 3.76. The zero-order valence-corrected chi connectivity index (χ0v) is 11.4. The van der Waals surface area contributed by atoms with Gasteiger partial charge in [0, 0.05) is 17.3 Å². The minimum atomic E-state index is -0.0430. The van der Waals surface area contributed by atoms with Crippen molar-refractivity contribution in [1.82, 2.24) is 0 Å². The smallest absolute Gasteiger partial charge is 0.0540 e. The number of benzene rings is 2. The van der Waals surface area contributed by atoms with E-state index in [9.17, 15) is 5.11 Å². The number of aryl methyl sites for hydroxylation is 2. The molecule has 0 atom stereocenters. The van der Waals surface area contributed by atoms with Crippen LogP contribution in [0.3, 0.4) is 0 Å². The topological polar surface area (TPSA) is 72.3 Å². The van der Waals surface area contributed by atoms with Gasteiger partial charge in [-0.1, -0.05) is 24.3 Å². The van der Waals surface area contributed by atoms with Gasteiger partial charge in [0.2, 0.25) is 0 Å². The van der Waals surface area contributed by atoms with Crippen LogP contribution in [0.5, 0.6) is 0 Å². The first kappa shape index (κ1) is 13.4. The monoisotopic (exact) mass is 256 g/mol. The largest absolute Gasteiger partial charge is 0.399 e. The van der Waals surface area contributed by atoms with Gasteiger partial charge in [0.05, 0.1) is 6.61 Å². The molecule has 2 rings (SSSR count). The molecule has 0 amide bonds. The first-order valence-corrected chi connectivity index (χ1v) is 6.36. The SMILES string of the molecule is Cc1cc(C(CO)c2ccc(N)c(C)c2)ccc1N. The van der Waals surface area contributed by atoms with E-state index in [1.54, 1.807) is 0 Å². The molecule has 0 saturated heterocycles. The zero-order chi connectivity index (χ0) is 14.0. The average molecular weight is 256 g/mol. The van der Waals surface area contributed by atoms with Crippen LogP contribution in [0.25, 0.3) is 0 Å². The van der Waals surface area contributed by atoms with Crippen molar-refractivity contribution < 1.29 is 5.11 Å². The van der Waals surface area contributed by atoms with Crippen molar-refractivity contribution in [2.75, 3.05) is 18.1 Å². The Morgan fingerprint density at radius 3 is 1.63 bits per heavy atom. The predicted octanol–water partition coefficient (Wildman–Crippen LogP) is 2.59. The second-order valence-electron chi connectivity index (χ2n) is 4.97. The fraction of sp³-hybridized carbons (Fsp3) is 0.250. The lowest BCUT2D eigenvalue weighted by atomic mass is 9.89. The van der Waals surface area contributed by atoms with Gasteiger partial charge < -0.3 is 16.6 Å². The number of aliphatic hydroxyl groups is 1. The molecule has 0 heterocycles. The second kappa shape index (κ2) is 5.33. The highest BCUT2D eigenvalue weighted by molar-refractivity contribution is 5.52. The summed E-state index contributed by atoms with van der Waals surface area (Å²) in [5, 5.41) is 9.69. The molecule has 3 heteroatoms. The molecule has 19 heavy (non-hydrogen) atoms. The van der Waals surface area contributed by atoms with Crippen LogP contribution in [0.2, 0.25) is 0 Å². The maximum atomic E-state index is 9.69. The summed E-state index contributed by atoms with van der Waals surface area (Å²) in [6.45, 7) is 4.01. The molecule has 0 radical (unpaired) electrons. The molecular weight excluding hydrogens is 236 g/mol. The van der Waals surface area contributed by atoms with E-state index in [0.717, 1.165) is 33.6 Å². The lowest BCUT2D eigenvalue weighted by molar-refractivity contribution is 0.280. The zero-order valence-electron chi connectivity index (χ0n) is 11.4. The molecule has 0 fully saturated rings. The van der Waals surface area contributed by atoms with Gasteiger partial charge in [-0.05, 0) is 48.2 Å². The third-order valence-electron chi connectivity index (χ3n) is 3.58. The number of nitrogens with two attached hydrogens (primary N) is 2. The number of aliphatic hydroxyl groups excluding tert-OH is 1. The summed E-state index contributed by atoms with van der Waals surface area (Å²) in [5.74, 6) is -0.0430. The van der Waals surface area contributed by atoms with Crippen molar-refractivity contribution in [3.05, 3.63) is 58.7 Å². The Morgan fingerprint density at radius 2 is 1.32 bits per heavy atom. The van der Waals surface area contributed by atoms with Crippen LogP contribution in [0, 0.1) is 13.8 Å². The molecule has 0 spiro atoms. The highest BCUT2D eigenvalue weighted by Crippen LogP contribution is 2.28. The molecule has 2 aromatic carbocycles. The quantitative estimate of drug-likeness (QED) is 0.739. The van der Waals surface area contributed by atoms with E-state index in [1.807, 2.05) is 50.2 Å². The fourth-order valence-electron chi connectivity index (χ4n) is 2.23. The highest BCUT2D eigenvalue weighted by Gasteiger charge is 2.14. The lowest BCUT2D eigenvalue weighted by Gasteiger charge is -2.17. The van der Waals surface area contributed by atoms with Gasteiger partial charge in [-0.2, -0.15) is 0 Å². The Hall–Kier alpha value is -2.00. The van der Waals surface area contributed by atoms with Crippen LogP contribution in [0.1, 0.15) is 28.2 Å². The molecule has 0 unspecified atom stereocenters. The van der Waals surface area contributed by atoms with Gasteiger partial charge in [0.1, 0.15) is 0 Å². The van der Waals surface area contributed by atoms with Gasteiger partial charge in [0.15, 0.2) is 0 Å². The van der Waals surface area contributed by atoms with Gasteiger partial charge in [0.25, 0.3) is 0 Å². The summed E-state index contributed by atoms with van der Waals surface area (Å²) < 4.78 is 0. The van der Waals surface area contributed by atoms with Crippen molar-refractivity contribution in [1.29, 1.82) is 0 Å². The van der Waals surface area contributed by atoms with Crippen molar-refractivity contribution in [2.45, 2.75) is 19.8 Å². The van der Waals surface area contributed by atoms with Crippen molar-refractivity contribution in [2.24, 2.45) is 0 Å². The van der Waals surface area contributed by atoms with E-state index in [4.69, 9.17) is 11.5 Å². The van der Waals surface area contributed by atoms with E-state index in [2.05, 4.69) is 0 Å². The summed E-state index contributed by atoms with van der Waals surface area (Å²) >= 11 is 0. The Bertz CT molecular complexity index is 542. The Labute approximate surface area is 113 Å². The van der Waals surface area contributed by atoms with Crippen LogP contribution in [-0.2, 0) is 0 Å². The number of rotatable bonds is 3. The Morgan fingerprint density at radius 1 is 0.895 bits per heavy atom. The minimum absolute atomic E-state index is 0.0430. The predicted molar refractivity (Wildman–Crippen MR) is 80.1 cm³/mol. The molecule has 0 saturated carbocycles.